The van der Waals surface area contributed by atoms with E-state index in [2.05, 4.69) is 0 Å². The molecule has 0 fully saturated rings. The molecule has 0 spiro atoms. The second-order valence-electron chi connectivity index (χ2n) is 2.92. The van der Waals surface area contributed by atoms with E-state index in [0.29, 0.717) is 5.75 Å². The number of rotatable bonds is 5. The molecule has 0 saturated carbocycles. The van der Waals surface area contributed by atoms with Crippen LogP contribution in [0.2, 0.25) is 0 Å². The van der Waals surface area contributed by atoms with Crippen molar-refractivity contribution >= 4 is 10.1 Å². The summed E-state index contributed by atoms with van der Waals surface area (Å²) in [7, 11) is -4.18. The van der Waals surface area contributed by atoms with Crippen LogP contribution in [0.3, 0.4) is 0 Å². The molecule has 0 bridgehead atoms. The van der Waals surface area contributed by atoms with Gasteiger partial charge in [0.2, 0.25) is 0 Å². The summed E-state index contributed by atoms with van der Waals surface area (Å²) in [6.07, 6.45) is 0.128. The summed E-state index contributed by atoms with van der Waals surface area (Å²) < 4.78 is 48.2. The summed E-state index contributed by atoms with van der Waals surface area (Å²) in [6, 6.07) is 5.33. The molecule has 0 aliphatic carbocycles. The van der Waals surface area contributed by atoms with Gasteiger partial charge in [-0.3, -0.25) is 0 Å². The predicted molar refractivity (Wildman–Crippen MR) is 51.1 cm³/mol. The second kappa shape index (κ2) is 7.24. The Morgan fingerprint density at radius 1 is 1.25 bits per heavy atom. The standard InChI is InChI=1S/C9H11FO4S.Na/c10-8-2-4-9(5-3-8)14-6-1-7-15(11,12)13;/h2-5H,1,6-7H2,(H,11,12,13);/q;+1/p-1. The monoisotopic (exact) mass is 256 g/mol. The van der Waals surface area contributed by atoms with Crippen LogP contribution in [0.1, 0.15) is 6.42 Å². The van der Waals surface area contributed by atoms with Crippen molar-refractivity contribution in [3.63, 3.8) is 0 Å². The van der Waals surface area contributed by atoms with Crippen LogP contribution in [0.5, 0.6) is 5.75 Å². The van der Waals surface area contributed by atoms with Crippen molar-refractivity contribution in [2.45, 2.75) is 6.42 Å². The van der Waals surface area contributed by atoms with Gasteiger partial charge >= 0.3 is 29.6 Å². The van der Waals surface area contributed by atoms with Gasteiger partial charge < -0.3 is 9.29 Å². The van der Waals surface area contributed by atoms with Crippen molar-refractivity contribution in [3.05, 3.63) is 30.1 Å². The molecule has 0 heterocycles. The van der Waals surface area contributed by atoms with E-state index in [1.165, 1.54) is 24.3 Å². The maximum atomic E-state index is 12.5. The van der Waals surface area contributed by atoms with E-state index in [4.69, 9.17) is 4.74 Å². The van der Waals surface area contributed by atoms with Gasteiger partial charge in [-0.1, -0.05) is 0 Å². The Balaban J connectivity index is 0.00000225. The van der Waals surface area contributed by atoms with Gasteiger partial charge in [0.05, 0.1) is 16.7 Å². The Labute approximate surface area is 116 Å². The fraction of sp³-hybridized carbons (Fsp3) is 0.333. The molecule has 1 rings (SSSR count). The molecule has 7 heteroatoms. The van der Waals surface area contributed by atoms with Gasteiger partial charge in [-0.15, -0.1) is 0 Å². The minimum Gasteiger partial charge on any atom is -0.748 e. The van der Waals surface area contributed by atoms with Crippen molar-refractivity contribution in [1.29, 1.82) is 0 Å². The van der Waals surface area contributed by atoms with E-state index in [1.807, 2.05) is 0 Å². The van der Waals surface area contributed by atoms with Crippen molar-refractivity contribution < 1.29 is 51.7 Å². The Bertz CT molecular complexity index is 404. The molecule has 1 aromatic carbocycles. The van der Waals surface area contributed by atoms with E-state index in [-0.39, 0.29) is 48.4 Å². The van der Waals surface area contributed by atoms with E-state index in [9.17, 15) is 17.4 Å². The van der Waals surface area contributed by atoms with E-state index < -0.39 is 15.9 Å². The molecule has 0 unspecified atom stereocenters. The molecular weight excluding hydrogens is 246 g/mol. The normalized spacial score (nSPS) is 10.6. The summed E-state index contributed by atoms with van der Waals surface area (Å²) in [5, 5.41) is 0. The van der Waals surface area contributed by atoms with Crippen molar-refractivity contribution in [1.82, 2.24) is 0 Å². The van der Waals surface area contributed by atoms with Gasteiger partial charge in [-0.25, -0.2) is 12.8 Å². The molecule has 4 nitrogen and oxygen atoms in total. The minimum absolute atomic E-state index is 0. The van der Waals surface area contributed by atoms with Crippen LogP contribution < -0.4 is 34.3 Å². The first kappa shape index (κ1) is 15.9. The summed E-state index contributed by atoms with van der Waals surface area (Å²) in [5.41, 5.74) is 0. The fourth-order valence-corrected chi connectivity index (χ4v) is 1.43. The molecule has 84 valence electrons. The van der Waals surface area contributed by atoms with Crippen molar-refractivity contribution in [2.75, 3.05) is 12.4 Å². The summed E-state index contributed by atoms with van der Waals surface area (Å²) in [4.78, 5) is 0. The summed E-state index contributed by atoms with van der Waals surface area (Å²) in [5.74, 6) is -0.377. The Morgan fingerprint density at radius 2 is 1.81 bits per heavy atom. The van der Waals surface area contributed by atoms with E-state index in [0.717, 1.165) is 0 Å². The van der Waals surface area contributed by atoms with Gasteiger partial charge in [0.1, 0.15) is 11.6 Å². The zero-order valence-electron chi connectivity index (χ0n) is 8.85. The topological polar surface area (TPSA) is 66.4 Å². The Hall–Kier alpha value is -0.140. The van der Waals surface area contributed by atoms with Gasteiger partial charge in [0.25, 0.3) is 0 Å². The third kappa shape index (κ3) is 7.19. The van der Waals surface area contributed by atoms with E-state index in [1.54, 1.807) is 0 Å². The molecule has 0 aromatic heterocycles. The predicted octanol–water partition coefficient (Wildman–Crippen LogP) is -1.86. The molecule has 0 aliphatic heterocycles. The largest absolute Gasteiger partial charge is 1.00 e. The molecule has 0 radical (unpaired) electrons. The van der Waals surface area contributed by atoms with Gasteiger partial charge in [0, 0.05) is 5.75 Å². The number of ether oxygens (including phenoxy) is 1. The number of halogens is 1. The summed E-state index contributed by atoms with van der Waals surface area (Å²) >= 11 is 0. The van der Waals surface area contributed by atoms with Crippen LogP contribution in [-0.2, 0) is 10.1 Å². The molecule has 16 heavy (non-hydrogen) atoms. The molecule has 1 aromatic rings. The SMILES string of the molecule is O=S(=O)([O-])CCCOc1ccc(F)cc1.[Na+]. The van der Waals surface area contributed by atoms with E-state index >= 15 is 0 Å². The Morgan fingerprint density at radius 3 is 2.31 bits per heavy atom. The second-order valence-corrected chi connectivity index (χ2v) is 4.44. The molecule has 0 N–H and O–H groups in total. The third-order valence-corrected chi connectivity index (χ3v) is 2.41. The van der Waals surface area contributed by atoms with Crippen molar-refractivity contribution in [3.8, 4) is 5.75 Å². The fourth-order valence-electron chi connectivity index (χ4n) is 0.957. The maximum Gasteiger partial charge on any atom is 1.00 e. The first-order chi connectivity index (χ1) is 6.97. The summed E-state index contributed by atoms with van der Waals surface area (Å²) in [6.45, 7) is 0.118. The van der Waals surface area contributed by atoms with Crippen LogP contribution in [0.15, 0.2) is 24.3 Å². The molecular formula is C9H10FNaO4S. The third-order valence-electron chi connectivity index (χ3n) is 1.62. The average Bonchev–Trinajstić information content (AvgIpc) is 2.14. The maximum absolute atomic E-state index is 12.5. The Kier molecular flexibility index (Phi) is 7.17. The number of hydrogen-bond acceptors (Lipinski definition) is 4. The van der Waals surface area contributed by atoms with Gasteiger partial charge in [-0.05, 0) is 30.7 Å². The first-order valence-corrected chi connectivity index (χ1v) is 5.87. The average molecular weight is 256 g/mol. The van der Waals surface area contributed by atoms with Crippen LogP contribution >= 0.6 is 0 Å². The van der Waals surface area contributed by atoms with Crippen LogP contribution in [0, 0.1) is 5.82 Å². The number of benzene rings is 1. The van der Waals surface area contributed by atoms with Gasteiger partial charge in [-0.2, -0.15) is 0 Å². The smallest absolute Gasteiger partial charge is 0.748 e. The first-order valence-electron chi connectivity index (χ1n) is 4.29. The molecule has 0 saturated heterocycles. The number of hydrogen-bond donors (Lipinski definition) is 0. The van der Waals surface area contributed by atoms with Crippen LogP contribution in [0.4, 0.5) is 4.39 Å². The van der Waals surface area contributed by atoms with Crippen molar-refractivity contribution in [2.24, 2.45) is 0 Å². The zero-order valence-corrected chi connectivity index (χ0v) is 11.7. The molecule has 0 amide bonds. The molecule has 0 aliphatic rings. The zero-order chi connectivity index (χ0) is 11.3. The van der Waals surface area contributed by atoms with Crippen LogP contribution in [0.25, 0.3) is 0 Å². The van der Waals surface area contributed by atoms with Gasteiger partial charge in [0.15, 0.2) is 0 Å². The minimum atomic E-state index is -4.18. The molecule has 0 atom stereocenters. The quantitative estimate of drug-likeness (QED) is 0.352. The van der Waals surface area contributed by atoms with Crippen LogP contribution in [-0.4, -0.2) is 25.3 Å².